The van der Waals surface area contributed by atoms with E-state index in [0.717, 1.165) is 11.3 Å². The van der Waals surface area contributed by atoms with Crippen LogP contribution in [-0.2, 0) is 4.79 Å². The molecule has 1 N–H and O–H groups in total. The normalized spacial score (nSPS) is 11.4. The minimum atomic E-state index is 0. The third-order valence-electron chi connectivity index (χ3n) is 3.29. The van der Waals surface area contributed by atoms with Crippen LogP contribution >= 0.6 is 12.4 Å². The fourth-order valence-corrected chi connectivity index (χ4v) is 2.12. The molecule has 1 atom stereocenters. The summed E-state index contributed by atoms with van der Waals surface area (Å²) in [6, 6.07) is 7.94. The van der Waals surface area contributed by atoms with Gasteiger partial charge < -0.3 is 15.0 Å². The van der Waals surface area contributed by atoms with Gasteiger partial charge >= 0.3 is 0 Å². The average Bonchev–Trinajstić information content (AvgIpc) is 2.45. The van der Waals surface area contributed by atoms with Crippen LogP contribution in [0.5, 0.6) is 5.75 Å². The number of halogens is 1. The van der Waals surface area contributed by atoms with Gasteiger partial charge in [0.15, 0.2) is 0 Å². The lowest BCUT2D eigenvalue weighted by Crippen LogP contribution is -2.34. The number of rotatable bonds is 7. The number of hydrogen-bond acceptors (Lipinski definition) is 3. The second-order valence-electron chi connectivity index (χ2n) is 4.49. The zero-order chi connectivity index (χ0) is 14.3. The summed E-state index contributed by atoms with van der Waals surface area (Å²) in [6.07, 6.45) is 0.526. The topological polar surface area (TPSA) is 41.6 Å². The Labute approximate surface area is 127 Å². The summed E-state index contributed by atoms with van der Waals surface area (Å²) in [6.45, 7) is 5.48. The van der Waals surface area contributed by atoms with Crippen molar-refractivity contribution >= 4 is 18.3 Å². The number of nitrogens with one attached hydrogen (secondary N) is 1. The summed E-state index contributed by atoms with van der Waals surface area (Å²) in [7, 11) is 3.51. The highest BCUT2D eigenvalue weighted by Crippen LogP contribution is 2.24. The van der Waals surface area contributed by atoms with E-state index in [0.29, 0.717) is 19.5 Å². The number of benzene rings is 1. The van der Waals surface area contributed by atoms with Crippen molar-refractivity contribution in [1.29, 1.82) is 0 Å². The highest BCUT2D eigenvalue weighted by atomic mass is 35.5. The Morgan fingerprint density at radius 2 is 2.15 bits per heavy atom. The summed E-state index contributed by atoms with van der Waals surface area (Å²) in [4.78, 5) is 14.1. The van der Waals surface area contributed by atoms with Crippen molar-refractivity contribution in [2.24, 2.45) is 0 Å². The van der Waals surface area contributed by atoms with Crippen molar-refractivity contribution in [3.05, 3.63) is 29.8 Å². The standard InChI is InChI=1S/C15H24N2O2.ClH/c1-5-17(15(18)9-10-16-3)12(2)13-7-6-8-14(11-13)19-4;/h6-8,11-12,16H,5,9-10H2,1-4H3;1H. The summed E-state index contributed by atoms with van der Waals surface area (Å²) in [5.41, 5.74) is 1.10. The van der Waals surface area contributed by atoms with Gasteiger partial charge in [0.05, 0.1) is 13.2 Å². The van der Waals surface area contributed by atoms with E-state index < -0.39 is 0 Å². The van der Waals surface area contributed by atoms with Crippen molar-refractivity contribution in [2.75, 3.05) is 27.2 Å². The Balaban J connectivity index is 0.00000361. The zero-order valence-corrected chi connectivity index (χ0v) is 13.5. The molecule has 0 aromatic heterocycles. The number of hydrogen-bond donors (Lipinski definition) is 1. The zero-order valence-electron chi connectivity index (χ0n) is 12.7. The van der Waals surface area contributed by atoms with Gasteiger partial charge in [0.25, 0.3) is 0 Å². The maximum absolute atomic E-state index is 12.2. The summed E-state index contributed by atoms with van der Waals surface area (Å²) in [5.74, 6) is 0.996. The summed E-state index contributed by atoms with van der Waals surface area (Å²) in [5, 5.41) is 3.01. The van der Waals surface area contributed by atoms with Crippen LogP contribution in [0.3, 0.4) is 0 Å². The molecule has 0 bridgehead atoms. The van der Waals surface area contributed by atoms with E-state index >= 15 is 0 Å². The van der Waals surface area contributed by atoms with Crippen LogP contribution in [0.1, 0.15) is 31.9 Å². The van der Waals surface area contributed by atoms with E-state index in [2.05, 4.69) is 12.2 Å². The van der Waals surface area contributed by atoms with Crippen LogP contribution < -0.4 is 10.1 Å². The van der Waals surface area contributed by atoms with E-state index in [1.807, 2.05) is 43.1 Å². The average molecular weight is 301 g/mol. The summed E-state index contributed by atoms with van der Waals surface area (Å²) < 4.78 is 5.23. The lowest BCUT2D eigenvalue weighted by atomic mass is 10.1. The lowest BCUT2D eigenvalue weighted by molar-refractivity contribution is -0.133. The molecule has 1 aromatic carbocycles. The van der Waals surface area contributed by atoms with Gasteiger partial charge in [-0.3, -0.25) is 4.79 Å². The monoisotopic (exact) mass is 300 g/mol. The molecular weight excluding hydrogens is 276 g/mol. The first-order valence-corrected chi connectivity index (χ1v) is 6.72. The van der Waals surface area contributed by atoms with Crippen LogP contribution in [0, 0.1) is 0 Å². The first-order valence-electron chi connectivity index (χ1n) is 6.72. The van der Waals surface area contributed by atoms with Gasteiger partial charge in [0, 0.05) is 19.5 Å². The third kappa shape index (κ3) is 5.02. The predicted molar refractivity (Wildman–Crippen MR) is 84.6 cm³/mol. The minimum Gasteiger partial charge on any atom is -0.497 e. The maximum Gasteiger partial charge on any atom is 0.224 e. The van der Waals surface area contributed by atoms with Crippen molar-refractivity contribution < 1.29 is 9.53 Å². The molecule has 114 valence electrons. The molecule has 0 spiro atoms. The van der Waals surface area contributed by atoms with Gasteiger partial charge in [0.2, 0.25) is 5.91 Å². The second kappa shape index (κ2) is 9.61. The van der Waals surface area contributed by atoms with E-state index in [-0.39, 0.29) is 24.4 Å². The first-order chi connectivity index (χ1) is 9.13. The predicted octanol–water partition coefficient (Wildman–Crippen LogP) is 2.64. The van der Waals surface area contributed by atoms with Crippen LogP contribution in [0.4, 0.5) is 0 Å². The Morgan fingerprint density at radius 3 is 2.70 bits per heavy atom. The number of methoxy groups -OCH3 is 1. The Hall–Kier alpha value is -1.26. The molecule has 1 unspecified atom stereocenters. The number of carbonyl (C=O) groups is 1. The Kier molecular flexibility index (Phi) is 9.01. The van der Waals surface area contributed by atoms with Crippen molar-refractivity contribution in [1.82, 2.24) is 10.2 Å². The van der Waals surface area contributed by atoms with Gasteiger partial charge in [-0.1, -0.05) is 12.1 Å². The van der Waals surface area contributed by atoms with Gasteiger partial charge in [-0.2, -0.15) is 0 Å². The molecule has 0 aliphatic carbocycles. The fraction of sp³-hybridized carbons (Fsp3) is 0.533. The molecular formula is C15H25ClN2O2. The SMILES string of the molecule is CCN(C(=O)CCNC)C(C)c1cccc(OC)c1.Cl. The molecule has 1 aromatic rings. The maximum atomic E-state index is 12.2. The minimum absolute atomic E-state index is 0. The highest BCUT2D eigenvalue weighted by molar-refractivity contribution is 5.85. The van der Waals surface area contributed by atoms with Crippen molar-refractivity contribution in [2.45, 2.75) is 26.3 Å². The largest absolute Gasteiger partial charge is 0.497 e. The second-order valence-corrected chi connectivity index (χ2v) is 4.49. The quantitative estimate of drug-likeness (QED) is 0.842. The smallest absolute Gasteiger partial charge is 0.224 e. The van der Waals surface area contributed by atoms with E-state index in [1.165, 1.54) is 0 Å². The van der Waals surface area contributed by atoms with E-state index in [1.54, 1.807) is 7.11 Å². The molecule has 0 aliphatic heterocycles. The van der Waals surface area contributed by atoms with Gasteiger partial charge in [0.1, 0.15) is 5.75 Å². The molecule has 20 heavy (non-hydrogen) atoms. The number of carbonyl (C=O) groups excluding carboxylic acids is 1. The molecule has 0 radical (unpaired) electrons. The van der Waals surface area contributed by atoms with Crippen molar-refractivity contribution in [3.8, 4) is 5.75 Å². The van der Waals surface area contributed by atoms with Crippen LogP contribution in [0.2, 0.25) is 0 Å². The highest BCUT2D eigenvalue weighted by Gasteiger charge is 2.19. The molecule has 0 saturated heterocycles. The molecule has 0 heterocycles. The number of ether oxygens (including phenoxy) is 1. The molecule has 0 saturated carbocycles. The molecule has 0 fully saturated rings. The number of nitrogens with zero attached hydrogens (tertiary/aromatic N) is 1. The van der Waals surface area contributed by atoms with Crippen LogP contribution in [0.25, 0.3) is 0 Å². The molecule has 1 rings (SSSR count). The Morgan fingerprint density at radius 1 is 1.45 bits per heavy atom. The third-order valence-corrected chi connectivity index (χ3v) is 3.29. The van der Waals surface area contributed by atoms with Gasteiger partial charge in [-0.15, -0.1) is 12.4 Å². The fourth-order valence-electron chi connectivity index (χ4n) is 2.12. The molecule has 5 heteroatoms. The lowest BCUT2D eigenvalue weighted by Gasteiger charge is -2.28. The van der Waals surface area contributed by atoms with Crippen LogP contribution in [-0.4, -0.2) is 38.1 Å². The summed E-state index contributed by atoms with van der Waals surface area (Å²) >= 11 is 0. The molecule has 1 amide bonds. The van der Waals surface area contributed by atoms with Gasteiger partial charge in [-0.25, -0.2) is 0 Å². The van der Waals surface area contributed by atoms with Crippen LogP contribution in [0.15, 0.2) is 24.3 Å². The van der Waals surface area contributed by atoms with E-state index in [9.17, 15) is 4.79 Å². The Bertz CT molecular complexity index is 413. The first kappa shape index (κ1) is 18.7. The molecule has 0 aliphatic rings. The van der Waals surface area contributed by atoms with E-state index in [4.69, 9.17) is 4.74 Å². The molecule has 4 nitrogen and oxygen atoms in total. The van der Waals surface area contributed by atoms with Crippen molar-refractivity contribution in [3.63, 3.8) is 0 Å². The number of amides is 1. The van der Waals surface area contributed by atoms with Gasteiger partial charge in [-0.05, 0) is 38.6 Å².